The summed E-state index contributed by atoms with van der Waals surface area (Å²) in [5.41, 5.74) is 7.03. The van der Waals surface area contributed by atoms with Crippen LogP contribution in [0.25, 0.3) is 0 Å². The summed E-state index contributed by atoms with van der Waals surface area (Å²) in [7, 11) is 4.13. The molecule has 0 aliphatic carbocycles. The van der Waals surface area contributed by atoms with Gasteiger partial charge in [-0.3, -0.25) is 0 Å². The summed E-state index contributed by atoms with van der Waals surface area (Å²) >= 11 is 3.42. The van der Waals surface area contributed by atoms with Gasteiger partial charge in [-0.2, -0.15) is 0 Å². The third kappa shape index (κ3) is 3.40. The first-order valence-corrected chi connectivity index (χ1v) is 5.53. The second kappa shape index (κ2) is 5.49. The zero-order chi connectivity index (χ0) is 10.6. The average Bonchev–Trinajstić information content (AvgIpc) is 2.16. The van der Waals surface area contributed by atoms with Gasteiger partial charge in [-0.05, 0) is 38.2 Å². The molecule has 1 unspecified atom stereocenters. The predicted molar refractivity (Wildman–Crippen MR) is 64.4 cm³/mol. The molecule has 0 aliphatic heterocycles. The Balaban J connectivity index is 2.63. The molecule has 0 bridgehead atoms. The van der Waals surface area contributed by atoms with Crippen molar-refractivity contribution in [3.63, 3.8) is 0 Å². The van der Waals surface area contributed by atoms with Gasteiger partial charge in [0.05, 0.1) is 0 Å². The number of nitrogens with two attached hydrogens (primary N) is 1. The maximum atomic E-state index is 5.70. The highest BCUT2D eigenvalue weighted by Crippen LogP contribution is 2.12. The van der Waals surface area contributed by atoms with E-state index in [1.54, 1.807) is 0 Å². The van der Waals surface area contributed by atoms with Crippen LogP contribution in [0.3, 0.4) is 0 Å². The SMILES string of the molecule is CN(C)C(CN)Cc1ccc(Br)cc1. The maximum Gasteiger partial charge on any atom is 0.0252 e. The second-order valence-electron chi connectivity index (χ2n) is 3.68. The standard InChI is InChI=1S/C11H17BrN2/c1-14(2)11(8-13)7-9-3-5-10(12)6-4-9/h3-6,11H,7-8,13H2,1-2H3. The molecule has 0 amide bonds. The Morgan fingerprint density at radius 1 is 1.29 bits per heavy atom. The number of hydrogen-bond donors (Lipinski definition) is 1. The Hall–Kier alpha value is -0.380. The number of hydrogen-bond acceptors (Lipinski definition) is 2. The maximum absolute atomic E-state index is 5.70. The number of rotatable bonds is 4. The molecule has 0 heterocycles. The van der Waals surface area contributed by atoms with Crippen LogP contribution in [-0.4, -0.2) is 31.6 Å². The van der Waals surface area contributed by atoms with Crippen molar-refractivity contribution in [2.75, 3.05) is 20.6 Å². The minimum atomic E-state index is 0.427. The van der Waals surface area contributed by atoms with Crippen LogP contribution in [0.2, 0.25) is 0 Å². The van der Waals surface area contributed by atoms with Crippen molar-refractivity contribution in [1.29, 1.82) is 0 Å². The summed E-state index contributed by atoms with van der Waals surface area (Å²) in [4.78, 5) is 2.17. The van der Waals surface area contributed by atoms with Crippen LogP contribution in [0.1, 0.15) is 5.56 Å². The molecule has 2 N–H and O–H groups in total. The van der Waals surface area contributed by atoms with E-state index in [0.717, 1.165) is 10.9 Å². The van der Waals surface area contributed by atoms with Crippen molar-refractivity contribution >= 4 is 15.9 Å². The normalized spacial score (nSPS) is 13.2. The Kier molecular flexibility index (Phi) is 4.58. The Labute approximate surface area is 94.2 Å². The van der Waals surface area contributed by atoms with Crippen LogP contribution in [0, 0.1) is 0 Å². The predicted octanol–water partition coefficient (Wildman–Crippen LogP) is 1.88. The third-order valence-corrected chi connectivity index (χ3v) is 2.92. The fraction of sp³-hybridized carbons (Fsp3) is 0.455. The molecule has 0 aromatic heterocycles. The van der Waals surface area contributed by atoms with Crippen LogP contribution in [0.15, 0.2) is 28.7 Å². The van der Waals surface area contributed by atoms with Gasteiger partial charge < -0.3 is 10.6 Å². The number of likely N-dealkylation sites (N-methyl/N-ethyl adjacent to an activating group) is 1. The minimum Gasteiger partial charge on any atom is -0.329 e. The van der Waals surface area contributed by atoms with Gasteiger partial charge in [0.1, 0.15) is 0 Å². The molecule has 3 heteroatoms. The molecule has 0 spiro atoms. The van der Waals surface area contributed by atoms with Gasteiger partial charge in [-0.1, -0.05) is 28.1 Å². The first-order valence-electron chi connectivity index (χ1n) is 4.74. The van der Waals surface area contributed by atoms with Crippen molar-refractivity contribution in [3.8, 4) is 0 Å². The van der Waals surface area contributed by atoms with Gasteiger partial charge in [0, 0.05) is 17.1 Å². The van der Waals surface area contributed by atoms with Gasteiger partial charge in [-0.15, -0.1) is 0 Å². The van der Waals surface area contributed by atoms with Gasteiger partial charge in [0.15, 0.2) is 0 Å². The van der Waals surface area contributed by atoms with Crippen LogP contribution in [0.5, 0.6) is 0 Å². The largest absolute Gasteiger partial charge is 0.329 e. The molecule has 14 heavy (non-hydrogen) atoms. The van der Waals surface area contributed by atoms with Crippen LogP contribution in [-0.2, 0) is 6.42 Å². The van der Waals surface area contributed by atoms with Crippen LogP contribution < -0.4 is 5.73 Å². The molecule has 0 radical (unpaired) electrons. The number of benzene rings is 1. The quantitative estimate of drug-likeness (QED) is 0.892. The smallest absolute Gasteiger partial charge is 0.0252 e. The topological polar surface area (TPSA) is 29.3 Å². The molecule has 0 aliphatic rings. The minimum absolute atomic E-state index is 0.427. The molecule has 1 rings (SSSR count). The van der Waals surface area contributed by atoms with E-state index >= 15 is 0 Å². The van der Waals surface area contributed by atoms with Gasteiger partial charge in [-0.25, -0.2) is 0 Å². The molecule has 0 saturated heterocycles. The fourth-order valence-electron chi connectivity index (χ4n) is 1.37. The lowest BCUT2D eigenvalue weighted by Crippen LogP contribution is -2.36. The average molecular weight is 257 g/mol. The molecule has 1 atom stereocenters. The van der Waals surface area contributed by atoms with E-state index in [-0.39, 0.29) is 0 Å². The number of nitrogens with zero attached hydrogens (tertiary/aromatic N) is 1. The fourth-order valence-corrected chi connectivity index (χ4v) is 1.63. The van der Waals surface area contributed by atoms with Crippen molar-refractivity contribution in [1.82, 2.24) is 4.90 Å². The summed E-state index contributed by atoms with van der Waals surface area (Å²) in [6.07, 6.45) is 1.01. The first kappa shape index (κ1) is 11.7. The summed E-state index contributed by atoms with van der Waals surface area (Å²) < 4.78 is 1.12. The molecular weight excluding hydrogens is 240 g/mol. The summed E-state index contributed by atoms with van der Waals surface area (Å²) in [5, 5.41) is 0. The zero-order valence-electron chi connectivity index (χ0n) is 8.70. The van der Waals surface area contributed by atoms with E-state index in [9.17, 15) is 0 Å². The third-order valence-electron chi connectivity index (χ3n) is 2.39. The van der Waals surface area contributed by atoms with Gasteiger partial charge in [0.2, 0.25) is 0 Å². The van der Waals surface area contributed by atoms with Gasteiger partial charge in [0.25, 0.3) is 0 Å². The molecule has 0 fully saturated rings. The lowest BCUT2D eigenvalue weighted by atomic mass is 10.1. The zero-order valence-corrected chi connectivity index (χ0v) is 10.3. The molecule has 1 aromatic rings. The Morgan fingerprint density at radius 2 is 1.86 bits per heavy atom. The highest BCUT2D eigenvalue weighted by molar-refractivity contribution is 9.10. The monoisotopic (exact) mass is 256 g/mol. The summed E-state index contributed by atoms with van der Waals surface area (Å²) in [6.45, 7) is 0.697. The summed E-state index contributed by atoms with van der Waals surface area (Å²) in [5.74, 6) is 0. The Morgan fingerprint density at radius 3 is 2.29 bits per heavy atom. The molecular formula is C11H17BrN2. The first-order chi connectivity index (χ1) is 6.63. The van der Waals surface area contributed by atoms with Crippen molar-refractivity contribution < 1.29 is 0 Å². The summed E-state index contributed by atoms with van der Waals surface area (Å²) in [6, 6.07) is 8.83. The van der Waals surface area contributed by atoms with Crippen molar-refractivity contribution in [3.05, 3.63) is 34.3 Å². The van der Waals surface area contributed by atoms with E-state index in [1.807, 2.05) is 0 Å². The molecule has 78 valence electrons. The molecule has 2 nitrogen and oxygen atoms in total. The van der Waals surface area contributed by atoms with E-state index in [2.05, 4.69) is 59.2 Å². The lowest BCUT2D eigenvalue weighted by Gasteiger charge is -2.22. The number of halogens is 1. The van der Waals surface area contributed by atoms with Crippen LogP contribution in [0.4, 0.5) is 0 Å². The van der Waals surface area contributed by atoms with E-state index in [4.69, 9.17) is 5.73 Å². The Bertz CT molecular complexity index is 269. The lowest BCUT2D eigenvalue weighted by molar-refractivity contribution is 0.298. The van der Waals surface area contributed by atoms with E-state index < -0.39 is 0 Å². The van der Waals surface area contributed by atoms with E-state index in [0.29, 0.717) is 12.6 Å². The van der Waals surface area contributed by atoms with E-state index in [1.165, 1.54) is 5.56 Å². The second-order valence-corrected chi connectivity index (χ2v) is 4.60. The van der Waals surface area contributed by atoms with Crippen LogP contribution >= 0.6 is 15.9 Å². The van der Waals surface area contributed by atoms with Crippen molar-refractivity contribution in [2.45, 2.75) is 12.5 Å². The molecule has 1 aromatic carbocycles. The highest BCUT2D eigenvalue weighted by atomic mass is 79.9. The van der Waals surface area contributed by atoms with Gasteiger partial charge >= 0.3 is 0 Å². The highest BCUT2D eigenvalue weighted by Gasteiger charge is 2.09. The van der Waals surface area contributed by atoms with Crippen molar-refractivity contribution in [2.24, 2.45) is 5.73 Å². The molecule has 0 saturated carbocycles.